The summed E-state index contributed by atoms with van der Waals surface area (Å²) in [5, 5.41) is 25.3. The quantitative estimate of drug-likeness (QED) is 0.254. The summed E-state index contributed by atoms with van der Waals surface area (Å²) in [5.41, 5.74) is 0. The van der Waals surface area contributed by atoms with Gasteiger partial charge < -0.3 is 15.3 Å². The van der Waals surface area contributed by atoms with Crippen molar-refractivity contribution in [3.05, 3.63) is 0 Å². The third kappa shape index (κ3) is 4.16. The zero-order valence-corrected chi connectivity index (χ0v) is 6.76. The molecule has 0 spiro atoms. The van der Waals surface area contributed by atoms with Gasteiger partial charge in [0, 0.05) is 0 Å². The van der Waals surface area contributed by atoms with Crippen LogP contribution in [-0.2, 0) is 19.2 Å². The molecule has 1 aliphatic rings. The standard InChI is InChI=1S/C4H5NO3.C2H2O4/c6-2-1-3(7)5-4(2)8;3-1(4)2(5)6/h2,6H,1H2,(H,5,7,8);(H,3,4)(H,5,6). The van der Waals surface area contributed by atoms with Crippen molar-refractivity contribution in [1.82, 2.24) is 5.32 Å². The van der Waals surface area contributed by atoms with Gasteiger partial charge >= 0.3 is 11.9 Å². The summed E-state index contributed by atoms with van der Waals surface area (Å²) in [6, 6.07) is 0. The van der Waals surface area contributed by atoms with Gasteiger partial charge in [0.05, 0.1) is 6.42 Å². The maximum atomic E-state index is 10.2. The van der Waals surface area contributed by atoms with E-state index in [4.69, 9.17) is 24.9 Å². The van der Waals surface area contributed by atoms with Gasteiger partial charge in [0.15, 0.2) is 0 Å². The number of hydrogen-bond acceptors (Lipinski definition) is 5. The molecule has 2 amide bonds. The summed E-state index contributed by atoms with van der Waals surface area (Å²) in [5.74, 6) is -4.64. The van der Waals surface area contributed by atoms with E-state index in [-0.39, 0.29) is 6.42 Å². The van der Waals surface area contributed by atoms with Crippen molar-refractivity contribution in [3.63, 3.8) is 0 Å². The number of amides is 2. The highest BCUT2D eigenvalue weighted by Gasteiger charge is 2.27. The van der Waals surface area contributed by atoms with Crippen LogP contribution in [-0.4, -0.2) is 45.2 Å². The first-order chi connectivity index (χ1) is 6.34. The first kappa shape index (κ1) is 12.0. The molecule has 0 saturated carbocycles. The molecule has 78 valence electrons. The lowest BCUT2D eigenvalue weighted by atomic mass is 10.3. The number of imide groups is 1. The molecule has 4 N–H and O–H groups in total. The molecule has 8 heteroatoms. The molecular weight excluding hydrogens is 198 g/mol. The van der Waals surface area contributed by atoms with Crippen LogP contribution in [0.25, 0.3) is 0 Å². The fourth-order valence-corrected chi connectivity index (χ4v) is 0.540. The summed E-state index contributed by atoms with van der Waals surface area (Å²) >= 11 is 0. The van der Waals surface area contributed by atoms with E-state index in [1.54, 1.807) is 0 Å². The molecule has 0 aromatic rings. The van der Waals surface area contributed by atoms with Crippen LogP contribution in [0.1, 0.15) is 6.42 Å². The van der Waals surface area contributed by atoms with Crippen LogP contribution in [0.3, 0.4) is 0 Å². The fourth-order valence-electron chi connectivity index (χ4n) is 0.540. The predicted octanol–water partition coefficient (Wildman–Crippen LogP) is -2.45. The summed E-state index contributed by atoms with van der Waals surface area (Å²) in [6.45, 7) is 0. The van der Waals surface area contributed by atoms with Crippen LogP contribution < -0.4 is 5.32 Å². The van der Waals surface area contributed by atoms with Crippen molar-refractivity contribution in [2.45, 2.75) is 12.5 Å². The largest absolute Gasteiger partial charge is 0.473 e. The van der Waals surface area contributed by atoms with E-state index in [1.165, 1.54) is 0 Å². The van der Waals surface area contributed by atoms with Gasteiger partial charge in [-0.05, 0) is 0 Å². The van der Waals surface area contributed by atoms with Crippen molar-refractivity contribution in [1.29, 1.82) is 0 Å². The Kier molecular flexibility index (Phi) is 4.23. The van der Waals surface area contributed by atoms with Crippen LogP contribution >= 0.6 is 0 Å². The second-order valence-corrected chi connectivity index (χ2v) is 2.24. The van der Waals surface area contributed by atoms with Gasteiger partial charge in [0.1, 0.15) is 6.10 Å². The van der Waals surface area contributed by atoms with Crippen LogP contribution in [0.5, 0.6) is 0 Å². The van der Waals surface area contributed by atoms with Gasteiger partial charge in [0.25, 0.3) is 5.91 Å². The number of nitrogens with one attached hydrogen (secondary N) is 1. The molecule has 8 nitrogen and oxygen atoms in total. The number of rotatable bonds is 0. The molecule has 1 saturated heterocycles. The first-order valence-electron chi connectivity index (χ1n) is 3.32. The highest BCUT2D eigenvalue weighted by atomic mass is 16.4. The number of carboxylic acids is 2. The van der Waals surface area contributed by atoms with Crippen LogP contribution in [0.15, 0.2) is 0 Å². The minimum atomic E-state index is -1.82. The number of carboxylic acid groups (broad SMARTS) is 2. The van der Waals surface area contributed by atoms with Crippen molar-refractivity contribution in [2.75, 3.05) is 0 Å². The zero-order chi connectivity index (χ0) is 11.3. The molecule has 0 aliphatic carbocycles. The minimum absolute atomic E-state index is 0.0845. The van der Waals surface area contributed by atoms with Gasteiger partial charge in [-0.1, -0.05) is 0 Å². The Balaban J connectivity index is 0.000000255. The molecule has 1 fully saturated rings. The average Bonchev–Trinajstić information content (AvgIpc) is 2.30. The Morgan fingerprint density at radius 3 is 1.71 bits per heavy atom. The van der Waals surface area contributed by atoms with Crippen molar-refractivity contribution < 1.29 is 34.5 Å². The normalized spacial score (nSPS) is 19.4. The van der Waals surface area contributed by atoms with Gasteiger partial charge in [-0.25, -0.2) is 9.59 Å². The van der Waals surface area contributed by atoms with Crippen molar-refractivity contribution >= 4 is 23.8 Å². The smallest absolute Gasteiger partial charge is 0.414 e. The van der Waals surface area contributed by atoms with E-state index < -0.39 is 29.9 Å². The Labute approximate surface area is 77.1 Å². The summed E-state index contributed by atoms with van der Waals surface area (Å²) in [6.07, 6.45) is -1.19. The SMILES string of the molecule is O=C(O)C(=O)O.O=C1CC(O)C(=O)N1. The van der Waals surface area contributed by atoms with Gasteiger partial charge in [-0.3, -0.25) is 14.9 Å². The molecular formula is C6H7NO7. The molecule has 0 bridgehead atoms. The van der Waals surface area contributed by atoms with E-state index in [2.05, 4.69) is 0 Å². The van der Waals surface area contributed by atoms with E-state index >= 15 is 0 Å². The first-order valence-corrected chi connectivity index (χ1v) is 3.32. The number of aliphatic hydroxyl groups excluding tert-OH is 1. The van der Waals surface area contributed by atoms with Crippen molar-refractivity contribution in [3.8, 4) is 0 Å². The predicted molar refractivity (Wildman–Crippen MR) is 39.0 cm³/mol. The maximum Gasteiger partial charge on any atom is 0.414 e. The topological polar surface area (TPSA) is 141 Å². The Morgan fingerprint density at radius 2 is 1.64 bits per heavy atom. The van der Waals surface area contributed by atoms with Gasteiger partial charge in [0.2, 0.25) is 5.91 Å². The molecule has 0 aromatic heterocycles. The number of hydrogen-bond donors (Lipinski definition) is 4. The Morgan fingerprint density at radius 1 is 1.21 bits per heavy atom. The third-order valence-electron chi connectivity index (χ3n) is 1.13. The Hall–Kier alpha value is -1.96. The van der Waals surface area contributed by atoms with E-state index in [9.17, 15) is 9.59 Å². The minimum Gasteiger partial charge on any atom is -0.473 e. The number of aliphatic hydroxyl groups is 1. The lowest BCUT2D eigenvalue weighted by molar-refractivity contribution is -0.159. The number of aliphatic carboxylic acids is 2. The summed E-state index contributed by atoms with van der Waals surface area (Å²) < 4.78 is 0. The van der Waals surface area contributed by atoms with Gasteiger partial charge in [-0.15, -0.1) is 0 Å². The van der Waals surface area contributed by atoms with E-state index in [0.717, 1.165) is 0 Å². The molecule has 1 unspecified atom stereocenters. The van der Waals surface area contributed by atoms with E-state index in [1.807, 2.05) is 5.32 Å². The average molecular weight is 205 g/mol. The lowest BCUT2D eigenvalue weighted by Gasteiger charge is -1.88. The van der Waals surface area contributed by atoms with Gasteiger partial charge in [-0.2, -0.15) is 0 Å². The van der Waals surface area contributed by atoms with E-state index in [0.29, 0.717) is 0 Å². The molecule has 1 rings (SSSR count). The number of carbonyl (C=O) groups is 4. The molecule has 1 atom stereocenters. The Bertz CT molecular complexity index is 272. The summed E-state index contributed by atoms with van der Waals surface area (Å²) in [4.78, 5) is 38.6. The molecule has 1 aliphatic heterocycles. The fraction of sp³-hybridized carbons (Fsp3) is 0.333. The highest BCUT2D eigenvalue weighted by molar-refractivity contribution is 6.27. The molecule has 14 heavy (non-hydrogen) atoms. The second-order valence-electron chi connectivity index (χ2n) is 2.24. The third-order valence-corrected chi connectivity index (χ3v) is 1.13. The lowest BCUT2D eigenvalue weighted by Crippen LogP contribution is -2.24. The zero-order valence-electron chi connectivity index (χ0n) is 6.76. The summed E-state index contributed by atoms with van der Waals surface area (Å²) in [7, 11) is 0. The number of carbonyl (C=O) groups excluding carboxylic acids is 2. The molecule has 1 heterocycles. The van der Waals surface area contributed by atoms with Crippen molar-refractivity contribution in [2.24, 2.45) is 0 Å². The highest BCUT2D eigenvalue weighted by Crippen LogP contribution is 1.98. The molecule has 0 aromatic carbocycles. The monoisotopic (exact) mass is 205 g/mol. The van der Waals surface area contributed by atoms with Crippen LogP contribution in [0.4, 0.5) is 0 Å². The second kappa shape index (κ2) is 4.92. The van der Waals surface area contributed by atoms with Crippen LogP contribution in [0, 0.1) is 0 Å². The van der Waals surface area contributed by atoms with Crippen LogP contribution in [0.2, 0.25) is 0 Å². The maximum absolute atomic E-state index is 10.2. The molecule has 0 radical (unpaired) electrons.